The van der Waals surface area contributed by atoms with Crippen LogP contribution in [0.4, 0.5) is 20.6 Å². The van der Waals surface area contributed by atoms with Crippen molar-refractivity contribution in [1.82, 2.24) is 15.1 Å². The number of urea groups is 1. The highest BCUT2D eigenvalue weighted by atomic mass is 19.1. The van der Waals surface area contributed by atoms with Crippen LogP contribution in [0.15, 0.2) is 42.5 Å². The van der Waals surface area contributed by atoms with Crippen LogP contribution >= 0.6 is 0 Å². The van der Waals surface area contributed by atoms with Gasteiger partial charge in [0.25, 0.3) is 11.8 Å². The highest BCUT2D eigenvalue weighted by Crippen LogP contribution is 2.28. The number of nitrogens with one attached hydrogen (secondary N) is 2. The van der Waals surface area contributed by atoms with Crippen LogP contribution < -0.4 is 15.5 Å². The Hall–Kier alpha value is -3.62. The number of hydrogen-bond donors (Lipinski definition) is 2. The minimum Gasteiger partial charge on any atom is -0.369 e. The van der Waals surface area contributed by atoms with E-state index in [9.17, 15) is 18.8 Å². The van der Waals surface area contributed by atoms with E-state index in [-0.39, 0.29) is 23.5 Å². The summed E-state index contributed by atoms with van der Waals surface area (Å²) in [7, 11) is 0. The van der Waals surface area contributed by atoms with Gasteiger partial charge in [-0.1, -0.05) is 12.1 Å². The Bertz CT molecular complexity index is 1090. The van der Waals surface area contributed by atoms with E-state index < -0.39 is 11.7 Å². The predicted octanol–water partition coefficient (Wildman–Crippen LogP) is 4.19. The molecule has 0 bridgehead atoms. The summed E-state index contributed by atoms with van der Waals surface area (Å²) < 4.78 is 14.1. The first kappa shape index (κ1) is 27.0. The van der Waals surface area contributed by atoms with Crippen LogP contribution in [-0.2, 0) is 0 Å². The number of amides is 4. The van der Waals surface area contributed by atoms with E-state index in [0.717, 1.165) is 12.1 Å². The van der Waals surface area contributed by atoms with Crippen LogP contribution in [0.1, 0.15) is 54.8 Å². The summed E-state index contributed by atoms with van der Waals surface area (Å²) in [6.45, 7) is 11.2. The zero-order valence-electron chi connectivity index (χ0n) is 21.5. The van der Waals surface area contributed by atoms with E-state index in [1.54, 1.807) is 28.0 Å². The molecular weight excluding hydrogens is 461 g/mol. The van der Waals surface area contributed by atoms with Gasteiger partial charge in [-0.25, -0.2) is 9.18 Å². The summed E-state index contributed by atoms with van der Waals surface area (Å²) in [4.78, 5) is 44.3. The predicted molar refractivity (Wildman–Crippen MR) is 140 cm³/mol. The smallest absolute Gasteiger partial charge is 0.317 e. The topological polar surface area (TPSA) is 85.0 Å². The van der Waals surface area contributed by atoms with Crippen molar-refractivity contribution in [3.8, 4) is 0 Å². The Kier molecular flexibility index (Phi) is 9.27. The second-order valence-electron chi connectivity index (χ2n) is 9.08. The lowest BCUT2D eigenvalue weighted by atomic mass is 10.1. The fourth-order valence-electron chi connectivity index (χ4n) is 4.29. The molecule has 1 fully saturated rings. The van der Waals surface area contributed by atoms with Crippen molar-refractivity contribution >= 4 is 29.2 Å². The Labute approximate surface area is 212 Å². The minimum atomic E-state index is -0.610. The molecule has 4 amide bonds. The van der Waals surface area contributed by atoms with Gasteiger partial charge in [0, 0.05) is 56.7 Å². The van der Waals surface area contributed by atoms with Crippen LogP contribution in [0.2, 0.25) is 0 Å². The van der Waals surface area contributed by atoms with E-state index in [1.165, 1.54) is 18.2 Å². The molecule has 0 saturated carbocycles. The van der Waals surface area contributed by atoms with Gasteiger partial charge in [-0.2, -0.15) is 0 Å². The van der Waals surface area contributed by atoms with Gasteiger partial charge in [-0.05, 0) is 64.4 Å². The van der Waals surface area contributed by atoms with Crippen molar-refractivity contribution in [1.29, 1.82) is 0 Å². The number of anilines is 2. The SMILES string of the molecule is CCN(CC)C(=O)c1cc(NC(=O)c2ccccc2F)ccc1N1CCCN(C(=O)NC(C)C)CC1. The van der Waals surface area contributed by atoms with Crippen molar-refractivity contribution in [2.75, 3.05) is 49.5 Å². The summed E-state index contributed by atoms with van der Waals surface area (Å²) >= 11 is 0. The summed E-state index contributed by atoms with van der Waals surface area (Å²) in [6, 6.07) is 10.9. The Morgan fingerprint density at radius 1 is 0.972 bits per heavy atom. The van der Waals surface area contributed by atoms with Gasteiger partial charge in [0.05, 0.1) is 11.1 Å². The van der Waals surface area contributed by atoms with Crippen LogP contribution in [-0.4, -0.2) is 73.0 Å². The molecule has 0 radical (unpaired) electrons. The maximum atomic E-state index is 14.1. The van der Waals surface area contributed by atoms with Crippen molar-refractivity contribution in [3.05, 3.63) is 59.4 Å². The molecule has 0 atom stereocenters. The molecule has 2 N–H and O–H groups in total. The number of benzene rings is 2. The molecular formula is C27H36FN5O3. The maximum absolute atomic E-state index is 14.1. The zero-order valence-corrected chi connectivity index (χ0v) is 21.5. The molecule has 9 heteroatoms. The number of halogens is 1. The molecule has 1 aliphatic heterocycles. The summed E-state index contributed by atoms with van der Waals surface area (Å²) in [5, 5.41) is 5.66. The Morgan fingerprint density at radius 3 is 2.36 bits per heavy atom. The van der Waals surface area contributed by atoms with Gasteiger partial charge >= 0.3 is 6.03 Å². The van der Waals surface area contributed by atoms with Crippen LogP contribution in [0, 0.1) is 5.82 Å². The number of hydrogen-bond acceptors (Lipinski definition) is 4. The number of rotatable bonds is 7. The number of carbonyl (C=O) groups excluding carboxylic acids is 3. The van der Waals surface area contributed by atoms with Gasteiger partial charge in [0.1, 0.15) is 5.82 Å². The van der Waals surface area contributed by atoms with E-state index in [2.05, 4.69) is 15.5 Å². The fourth-order valence-corrected chi connectivity index (χ4v) is 4.29. The molecule has 0 aliphatic carbocycles. The van der Waals surface area contributed by atoms with Gasteiger partial charge < -0.3 is 25.3 Å². The molecule has 194 valence electrons. The highest BCUT2D eigenvalue weighted by molar-refractivity contribution is 6.06. The highest BCUT2D eigenvalue weighted by Gasteiger charge is 2.25. The molecule has 1 aliphatic rings. The Balaban J connectivity index is 1.88. The van der Waals surface area contributed by atoms with E-state index in [0.29, 0.717) is 50.5 Å². The van der Waals surface area contributed by atoms with Crippen LogP contribution in [0.25, 0.3) is 0 Å². The molecule has 1 heterocycles. The first-order valence-electron chi connectivity index (χ1n) is 12.5. The molecule has 3 rings (SSSR count). The average molecular weight is 498 g/mol. The molecule has 1 saturated heterocycles. The molecule has 2 aromatic rings. The van der Waals surface area contributed by atoms with Gasteiger partial charge in [0.15, 0.2) is 0 Å². The molecule has 0 spiro atoms. The van der Waals surface area contributed by atoms with Crippen LogP contribution in [0.5, 0.6) is 0 Å². The first-order valence-corrected chi connectivity index (χ1v) is 12.5. The van der Waals surface area contributed by atoms with Crippen molar-refractivity contribution in [3.63, 3.8) is 0 Å². The minimum absolute atomic E-state index is 0.0577. The van der Waals surface area contributed by atoms with Gasteiger partial charge in [-0.15, -0.1) is 0 Å². The van der Waals surface area contributed by atoms with Gasteiger partial charge in [0.2, 0.25) is 0 Å². The molecule has 0 aromatic heterocycles. The third kappa shape index (κ3) is 6.53. The van der Waals surface area contributed by atoms with E-state index >= 15 is 0 Å². The molecule has 8 nitrogen and oxygen atoms in total. The summed E-state index contributed by atoms with van der Waals surface area (Å²) in [5.74, 6) is -1.33. The lowest BCUT2D eigenvalue weighted by Gasteiger charge is -2.28. The maximum Gasteiger partial charge on any atom is 0.317 e. The summed E-state index contributed by atoms with van der Waals surface area (Å²) in [6.07, 6.45) is 0.760. The standard InChI is InChI=1S/C27H36FN5O3/c1-5-31(6-2)26(35)22-18-20(30-25(34)21-10-7-8-11-23(21)28)12-13-24(22)32-14-9-15-33(17-16-32)27(36)29-19(3)4/h7-8,10-13,18-19H,5-6,9,14-17H2,1-4H3,(H,29,36)(H,30,34). The van der Waals surface area contributed by atoms with E-state index in [4.69, 9.17) is 0 Å². The zero-order chi connectivity index (χ0) is 26.2. The van der Waals surface area contributed by atoms with Crippen molar-refractivity contribution in [2.24, 2.45) is 0 Å². The lowest BCUT2D eigenvalue weighted by molar-refractivity contribution is 0.0773. The fraction of sp³-hybridized carbons (Fsp3) is 0.444. The number of nitrogens with zero attached hydrogens (tertiary/aromatic N) is 3. The second kappa shape index (κ2) is 12.4. The molecule has 36 heavy (non-hydrogen) atoms. The second-order valence-corrected chi connectivity index (χ2v) is 9.08. The first-order chi connectivity index (χ1) is 17.2. The molecule has 2 aromatic carbocycles. The normalized spacial score (nSPS) is 13.8. The summed E-state index contributed by atoms with van der Waals surface area (Å²) in [5.41, 5.74) is 1.56. The van der Waals surface area contributed by atoms with Crippen molar-refractivity contribution in [2.45, 2.75) is 40.2 Å². The van der Waals surface area contributed by atoms with E-state index in [1.807, 2.05) is 33.8 Å². The third-order valence-corrected chi connectivity index (χ3v) is 6.19. The lowest BCUT2D eigenvalue weighted by Crippen LogP contribution is -2.44. The average Bonchev–Trinajstić information content (AvgIpc) is 3.11. The largest absolute Gasteiger partial charge is 0.369 e. The number of carbonyl (C=O) groups is 3. The molecule has 0 unspecified atom stereocenters. The van der Waals surface area contributed by atoms with Gasteiger partial charge in [-0.3, -0.25) is 9.59 Å². The van der Waals surface area contributed by atoms with Crippen LogP contribution in [0.3, 0.4) is 0 Å². The monoisotopic (exact) mass is 497 g/mol. The third-order valence-electron chi connectivity index (χ3n) is 6.19. The Morgan fingerprint density at radius 2 is 1.69 bits per heavy atom. The van der Waals surface area contributed by atoms with Crippen molar-refractivity contribution < 1.29 is 18.8 Å². The quantitative estimate of drug-likeness (QED) is 0.601.